The summed E-state index contributed by atoms with van der Waals surface area (Å²) in [5, 5.41) is 0. The molecule has 0 aliphatic carbocycles. The van der Waals surface area contributed by atoms with Gasteiger partial charge < -0.3 is 23.7 Å². The monoisotopic (exact) mass is 506 g/mol. The van der Waals surface area contributed by atoms with Crippen LogP contribution in [0.25, 0.3) is 0 Å². The van der Waals surface area contributed by atoms with Gasteiger partial charge in [0.1, 0.15) is 6.61 Å². The molecule has 0 unspecified atom stereocenters. The molecular weight excluding hydrogens is 448 g/mol. The minimum absolute atomic E-state index is 0.449. The maximum absolute atomic E-state index is 5.45. The topological polar surface area (TPSA) is 64.6 Å². The summed E-state index contributed by atoms with van der Waals surface area (Å²) in [6.07, 6.45) is 19.1. The number of ether oxygens (including phenoxy) is 5. The van der Waals surface area contributed by atoms with E-state index >= 15 is 0 Å². The highest BCUT2D eigenvalue weighted by atomic mass is 17.2. The lowest BCUT2D eigenvalue weighted by Gasteiger charge is -2.08. The number of rotatable bonds is 32. The molecule has 0 saturated heterocycles. The molecule has 0 aromatic carbocycles. The number of hydrogen-bond acceptors (Lipinski definition) is 7. The Labute approximate surface area is 216 Å². The van der Waals surface area contributed by atoms with Crippen LogP contribution in [-0.4, -0.2) is 79.3 Å². The second kappa shape index (κ2) is 33.7. The van der Waals surface area contributed by atoms with Gasteiger partial charge in [-0.1, -0.05) is 90.4 Å². The standard InChI is InChI=1S/C28H58O7/c1-3-5-6-7-8-9-10-11-12-13-14-15-16-17-18-34-35-28-27-33-26-25-32-24-23-31-22-21-30-20-19-29-4-2/h3-28H2,1-2H3. The molecule has 0 atom stereocenters. The van der Waals surface area contributed by atoms with Crippen molar-refractivity contribution in [2.45, 2.75) is 104 Å². The first-order valence-corrected chi connectivity index (χ1v) is 14.5. The van der Waals surface area contributed by atoms with Crippen molar-refractivity contribution in [1.29, 1.82) is 0 Å². The summed E-state index contributed by atoms with van der Waals surface area (Å²) >= 11 is 0. The van der Waals surface area contributed by atoms with Crippen molar-refractivity contribution in [2.24, 2.45) is 0 Å². The Hall–Kier alpha value is -0.280. The van der Waals surface area contributed by atoms with E-state index in [2.05, 4.69) is 6.92 Å². The Balaban J connectivity index is 3.00. The van der Waals surface area contributed by atoms with Gasteiger partial charge in [0.25, 0.3) is 0 Å². The highest BCUT2D eigenvalue weighted by molar-refractivity contribution is 4.49. The summed E-state index contributed by atoms with van der Waals surface area (Å²) in [5.41, 5.74) is 0. The largest absolute Gasteiger partial charge is 0.379 e. The van der Waals surface area contributed by atoms with Crippen molar-refractivity contribution in [3.63, 3.8) is 0 Å². The van der Waals surface area contributed by atoms with Crippen molar-refractivity contribution in [2.75, 3.05) is 79.3 Å². The van der Waals surface area contributed by atoms with Crippen molar-refractivity contribution < 1.29 is 33.5 Å². The molecule has 212 valence electrons. The molecule has 0 spiro atoms. The molecule has 0 aromatic rings. The molecule has 0 radical (unpaired) electrons. The summed E-state index contributed by atoms with van der Waals surface area (Å²) in [7, 11) is 0. The van der Waals surface area contributed by atoms with E-state index in [0.717, 1.165) is 13.0 Å². The SMILES string of the molecule is CCCCCCCCCCCCCCCCOOCCOCCOCCOCCOCCOCC. The average molecular weight is 507 g/mol. The van der Waals surface area contributed by atoms with Gasteiger partial charge in [-0.25, -0.2) is 9.78 Å². The van der Waals surface area contributed by atoms with Gasteiger partial charge in [-0.3, -0.25) is 0 Å². The Bertz CT molecular complexity index is 326. The van der Waals surface area contributed by atoms with E-state index in [-0.39, 0.29) is 0 Å². The quantitative estimate of drug-likeness (QED) is 0.0584. The van der Waals surface area contributed by atoms with Crippen molar-refractivity contribution >= 4 is 0 Å². The third-order valence-corrected chi connectivity index (χ3v) is 5.67. The molecule has 0 rings (SSSR count). The average Bonchev–Trinajstić information content (AvgIpc) is 2.87. The van der Waals surface area contributed by atoms with Gasteiger partial charge in [0.15, 0.2) is 0 Å². The zero-order chi connectivity index (χ0) is 25.3. The highest BCUT2D eigenvalue weighted by Gasteiger charge is 1.96. The molecule has 0 aliphatic heterocycles. The summed E-state index contributed by atoms with van der Waals surface area (Å²) < 4.78 is 26.9. The zero-order valence-corrected chi connectivity index (χ0v) is 23.2. The van der Waals surface area contributed by atoms with E-state index in [1.807, 2.05) is 6.92 Å². The van der Waals surface area contributed by atoms with Crippen LogP contribution in [0.1, 0.15) is 104 Å². The molecule has 7 heteroatoms. The highest BCUT2D eigenvalue weighted by Crippen LogP contribution is 2.12. The lowest BCUT2D eigenvalue weighted by molar-refractivity contribution is -0.299. The first-order chi connectivity index (χ1) is 17.4. The fraction of sp³-hybridized carbons (Fsp3) is 1.00. The van der Waals surface area contributed by atoms with Crippen LogP contribution >= 0.6 is 0 Å². The van der Waals surface area contributed by atoms with Crippen LogP contribution in [0.4, 0.5) is 0 Å². The van der Waals surface area contributed by atoms with E-state index in [1.54, 1.807) is 0 Å². The summed E-state index contributed by atoms with van der Waals surface area (Å²) in [4.78, 5) is 10.4. The Morgan fingerprint density at radius 1 is 0.286 bits per heavy atom. The summed E-state index contributed by atoms with van der Waals surface area (Å²) in [6, 6.07) is 0. The summed E-state index contributed by atoms with van der Waals surface area (Å²) in [5.74, 6) is 0. The maximum atomic E-state index is 5.45. The predicted molar refractivity (Wildman–Crippen MR) is 142 cm³/mol. The first-order valence-electron chi connectivity index (χ1n) is 14.5. The van der Waals surface area contributed by atoms with Gasteiger partial charge >= 0.3 is 0 Å². The van der Waals surface area contributed by atoms with Gasteiger partial charge in [0.2, 0.25) is 0 Å². The number of unbranched alkanes of at least 4 members (excludes halogenated alkanes) is 13. The van der Waals surface area contributed by atoms with Gasteiger partial charge in [0.05, 0.1) is 66.1 Å². The van der Waals surface area contributed by atoms with Gasteiger partial charge in [-0.05, 0) is 13.3 Å². The molecule has 0 aromatic heterocycles. The molecule has 7 nitrogen and oxygen atoms in total. The van der Waals surface area contributed by atoms with E-state index < -0.39 is 0 Å². The molecule has 35 heavy (non-hydrogen) atoms. The molecule has 0 heterocycles. The minimum Gasteiger partial charge on any atom is -0.379 e. The Kier molecular flexibility index (Phi) is 33.5. The second-order valence-corrected chi connectivity index (χ2v) is 8.89. The maximum Gasteiger partial charge on any atom is 0.106 e. The Morgan fingerprint density at radius 2 is 0.600 bits per heavy atom. The lowest BCUT2D eigenvalue weighted by Crippen LogP contribution is -2.14. The van der Waals surface area contributed by atoms with Crippen molar-refractivity contribution in [1.82, 2.24) is 0 Å². The fourth-order valence-corrected chi connectivity index (χ4v) is 3.59. The van der Waals surface area contributed by atoms with Gasteiger partial charge in [-0.15, -0.1) is 0 Å². The fourth-order valence-electron chi connectivity index (χ4n) is 3.59. The van der Waals surface area contributed by atoms with E-state index in [4.69, 9.17) is 33.5 Å². The van der Waals surface area contributed by atoms with Crippen LogP contribution in [0.2, 0.25) is 0 Å². The van der Waals surface area contributed by atoms with Crippen LogP contribution in [-0.2, 0) is 33.5 Å². The van der Waals surface area contributed by atoms with Crippen molar-refractivity contribution in [3.05, 3.63) is 0 Å². The van der Waals surface area contributed by atoms with Crippen LogP contribution in [0.5, 0.6) is 0 Å². The molecule has 0 saturated carbocycles. The van der Waals surface area contributed by atoms with E-state index in [0.29, 0.717) is 72.7 Å². The molecule has 0 aliphatic rings. The third kappa shape index (κ3) is 33.7. The summed E-state index contributed by atoms with van der Waals surface area (Å²) in [6.45, 7) is 11.2. The number of hydrogen-bond donors (Lipinski definition) is 0. The van der Waals surface area contributed by atoms with Gasteiger partial charge in [-0.2, -0.15) is 0 Å². The first kappa shape index (κ1) is 34.7. The molecule has 0 bridgehead atoms. The van der Waals surface area contributed by atoms with Crippen LogP contribution in [0, 0.1) is 0 Å². The Morgan fingerprint density at radius 3 is 1.00 bits per heavy atom. The molecule has 0 fully saturated rings. The smallest absolute Gasteiger partial charge is 0.106 e. The van der Waals surface area contributed by atoms with E-state index in [9.17, 15) is 0 Å². The molecule has 0 N–H and O–H groups in total. The van der Waals surface area contributed by atoms with E-state index in [1.165, 1.54) is 83.5 Å². The predicted octanol–water partition coefficient (Wildman–Crippen LogP) is 6.52. The van der Waals surface area contributed by atoms with Gasteiger partial charge in [0, 0.05) is 6.61 Å². The van der Waals surface area contributed by atoms with Crippen LogP contribution < -0.4 is 0 Å². The lowest BCUT2D eigenvalue weighted by atomic mass is 10.0. The molecule has 0 amide bonds. The zero-order valence-electron chi connectivity index (χ0n) is 23.2. The second-order valence-electron chi connectivity index (χ2n) is 8.89. The van der Waals surface area contributed by atoms with Crippen molar-refractivity contribution in [3.8, 4) is 0 Å². The van der Waals surface area contributed by atoms with Crippen LogP contribution in [0.3, 0.4) is 0 Å². The normalized spacial score (nSPS) is 11.5. The minimum atomic E-state index is 0.449. The third-order valence-electron chi connectivity index (χ3n) is 5.67. The molecular formula is C28H58O7. The van der Waals surface area contributed by atoms with Crippen LogP contribution in [0.15, 0.2) is 0 Å².